The Morgan fingerprint density at radius 3 is 1.09 bits per heavy atom. The summed E-state index contributed by atoms with van der Waals surface area (Å²) in [5, 5.41) is 64.3. The number of hydrogen-bond donors (Lipinski definition) is 0. The highest BCUT2D eigenvalue weighted by atomic mass is 15.1. The Balaban J connectivity index is 1.13. The zero-order valence-corrected chi connectivity index (χ0v) is 48.3. The molecule has 0 fully saturated rings. The highest BCUT2D eigenvalue weighted by Gasteiger charge is 2.26. The van der Waals surface area contributed by atoms with Gasteiger partial charge in [-0.25, -0.2) is 19.5 Å². The van der Waals surface area contributed by atoms with Crippen molar-refractivity contribution in [3.8, 4) is 126 Å². The van der Waals surface area contributed by atoms with Crippen molar-refractivity contribution in [2.75, 3.05) is 0 Å². The van der Waals surface area contributed by atoms with Gasteiger partial charge in [0.05, 0.1) is 123 Å². The molecular weight excluding hydrogens is 1130 g/mol. The molecule has 14 rings (SSSR count). The van der Waals surface area contributed by atoms with Gasteiger partial charge in [-0.05, 0) is 171 Å². The second kappa shape index (κ2) is 22.8. The molecule has 12 heteroatoms. The van der Waals surface area contributed by atoms with Crippen LogP contribution in [0.1, 0.15) is 33.4 Å². The highest BCUT2D eigenvalue weighted by Crippen LogP contribution is 2.47. The number of benzene rings is 11. The molecule has 0 bridgehead atoms. The maximum absolute atomic E-state index is 10.5. The molecule has 0 saturated carbocycles. The van der Waals surface area contributed by atoms with Crippen LogP contribution in [0.4, 0.5) is 17.1 Å². The van der Waals surface area contributed by atoms with Gasteiger partial charge >= 0.3 is 0 Å². The summed E-state index contributed by atoms with van der Waals surface area (Å²) in [6.07, 6.45) is 0. The van der Waals surface area contributed by atoms with Gasteiger partial charge in [0.15, 0.2) is 17.1 Å². The summed E-state index contributed by atoms with van der Waals surface area (Å²) >= 11 is 0. The third kappa shape index (κ3) is 9.39. The molecule has 0 aliphatic carbocycles. The highest BCUT2D eigenvalue weighted by molar-refractivity contribution is 6.15. The van der Waals surface area contributed by atoms with E-state index in [-0.39, 0.29) is 0 Å². The lowest BCUT2D eigenvalue weighted by atomic mass is 9.95. The number of hydrogen-bond acceptors (Lipinski definition) is 7. The molecule has 3 aromatic heterocycles. The fraction of sp³-hybridized carbons (Fsp3) is 0. The SMILES string of the molecule is [C-]#[N+]c1ccc(-c2ccc3c(c2)c2cc(-c4ccc(C#N)cc4[N+]#[C-])ccc2n3-c2cc([N+]#[C-])c(-c3cc(-c4ccccc4)nc(-c4ccccc4)c3)cc2-n2c3ccc(-c4ccc(C#N)cc4C#N)cc3c3cc(-c4ccc(C#N)cc4C#N)ccc32)c(C#N)c1. The van der Waals surface area contributed by atoms with Crippen molar-refractivity contribution < 1.29 is 0 Å². The molecule has 0 aliphatic heterocycles. The molecular formula is C80H38N12. The Morgan fingerprint density at radius 2 is 0.674 bits per heavy atom. The van der Waals surface area contributed by atoms with Crippen LogP contribution in [0.3, 0.4) is 0 Å². The molecule has 3 heterocycles. The predicted octanol–water partition coefficient (Wildman–Crippen LogP) is 19.8. The summed E-state index contributed by atoms with van der Waals surface area (Å²) in [5.74, 6) is 0. The molecule has 0 spiro atoms. The fourth-order valence-electron chi connectivity index (χ4n) is 12.5. The van der Waals surface area contributed by atoms with E-state index in [1.165, 1.54) is 0 Å². The number of fused-ring (bicyclic) bond motifs is 6. The van der Waals surface area contributed by atoms with E-state index in [4.69, 9.17) is 24.7 Å². The Labute approximate surface area is 527 Å². The number of pyridine rings is 1. The van der Waals surface area contributed by atoms with Crippen molar-refractivity contribution in [3.63, 3.8) is 0 Å². The van der Waals surface area contributed by atoms with Crippen LogP contribution in [0.15, 0.2) is 231 Å². The Morgan fingerprint density at radius 1 is 0.293 bits per heavy atom. The summed E-state index contributed by atoms with van der Waals surface area (Å²) < 4.78 is 4.31. The summed E-state index contributed by atoms with van der Waals surface area (Å²) in [6.45, 7) is 25.1. The number of rotatable bonds is 9. The summed E-state index contributed by atoms with van der Waals surface area (Å²) in [4.78, 5) is 17.0. The van der Waals surface area contributed by atoms with Crippen LogP contribution in [-0.2, 0) is 0 Å². The first-order valence-corrected chi connectivity index (χ1v) is 28.8. The summed E-state index contributed by atoms with van der Waals surface area (Å²) in [6, 6.07) is 85.3. The van der Waals surface area contributed by atoms with Crippen molar-refractivity contribution in [3.05, 3.63) is 298 Å². The van der Waals surface area contributed by atoms with E-state index in [9.17, 15) is 31.6 Å². The van der Waals surface area contributed by atoms with Gasteiger partial charge in [-0.1, -0.05) is 115 Å². The van der Waals surface area contributed by atoms with E-state index in [0.29, 0.717) is 123 Å². The molecule has 0 radical (unpaired) electrons. The lowest BCUT2D eigenvalue weighted by Gasteiger charge is -2.20. The van der Waals surface area contributed by atoms with Gasteiger partial charge < -0.3 is 9.13 Å². The summed E-state index contributed by atoms with van der Waals surface area (Å²) in [7, 11) is 0. The van der Waals surface area contributed by atoms with E-state index in [2.05, 4.69) is 66.2 Å². The second-order valence-corrected chi connectivity index (χ2v) is 21.8. The van der Waals surface area contributed by atoms with Gasteiger partial charge in [-0.2, -0.15) is 31.6 Å². The van der Waals surface area contributed by atoms with Crippen molar-refractivity contribution in [1.29, 1.82) is 31.6 Å². The van der Waals surface area contributed by atoms with Crippen molar-refractivity contribution in [2.24, 2.45) is 0 Å². The minimum absolute atomic E-state index is 0.302. The van der Waals surface area contributed by atoms with E-state index < -0.39 is 0 Å². The molecule has 0 aliphatic rings. The maximum atomic E-state index is 10.5. The molecule has 92 heavy (non-hydrogen) atoms. The Kier molecular flexibility index (Phi) is 13.7. The molecule has 14 aromatic rings. The van der Waals surface area contributed by atoms with E-state index in [0.717, 1.165) is 60.3 Å². The first-order chi connectivity index (χ1) is 45.2. The number of nitriles is 6. The maximum Gasteiger partial charge on any atom is 0.197 e. The van der Waals surface area contributed by atoms with Crippen LogP contribution in [-0.4, -0.2) is 14.1 Å². The molecule has 11 aromatic carbocycles. The lowest BCUT2D eigenvalue weighted by molar-refractivity contribution is 1.10. The van der Waals surface area contributed by atoms with Crippen LogP contribution < -0.4 is 0 Å². The second-order valence-electron chi connectivity index (χ2n) is 21.8. The van der Waals surface area contributed by atoms with Crippen LogP contribution >= 0.6 is 0 Å². The van der Waals surface area contributed by atoms with E-state index in [1.807, 2.05) is 152 Å². The average Bonchev–Trinajstić information content (AvgIpc) is 1.55. The van der Waals surface area contributed by atoms with Crippen LogP contribution in [0.5, 0.6) is 0 Å². The minimum Gasteiger partial charge on any atom is -0.308 e. The first kappa shape index (κ1) is 55.5. The molecule has 0 amide bonds. The lowest BCUT2D eigenvalue weighted by Crippen LogP contribution is -2.04. The standard InChI is InChI=1S/C80H38N12/c1-87-61-21-25-64(60(33-61)47-86)55-19-28-77-69(36-55)70-37-56(65-24-16-50(44-83)32-73(65)88-2)20-29-78(70)92(77)80-41-74(89-3)66(57-38-71(51-10-6-4-7-11-51)90-72(39-57)52-12-8-5-9-13-52)40-79(80)91-75-26-17-53(62-22-14-48(42-81)30-58(62)45-84)34-67(75)68-35-54(18-27-76(68)91)63-23-15-49(43-82)31-59(63)46-85/h4-41H. The summed E-state index contributed by atoms with van der Waals surface area (Å²) in [5.41, 5.74) is 17.0. The molecule has 0 atom stereocenters. The van der Waals surface area contributed by atoms with Crippen molar-refractivity contribution >= 4 is 60.7 Å². The van der Waals surface area contributed by atoms with Crippen molar-refractivity contribution in [1.82, 2.24) is 14.1 Å². The van der Waals surface area contributed by atoms with E-state index in [1.54, 1.807) is 72.8 Å². The van der Waals surface area contributed by atoms with Crippen LogP contribution in [0, 0.1) is 87.7 Å². The fourth-order valence-corrected chi connectivity index (χ4v) is 12.5. The van der Waals surface area contributed by atoms with E-state index >= 15 is 0 Å². The van der Waals surface area contributed by atoms with Crippen molar-refractivity contribution in [2.45, 2.75) is 0 Å². The van der Waals surface area contributed by atoms with Gasteiger partial charge in [-0.15, -0.1) is 0 Å². The largest absolute Gasteiger partial charge is 0.308 e. The smallest absolute Gasteiger partial charge is 0.197 e. The quantitative estimate of drug-likeness (QED) is 0.129. The van der Waals surface area contributed by atoms with Gasteiger partial charge in [0.2, 0.25) is 0 Å². The monoisotopic (exact) mass is 1170 g/mol. The van der Waals surface area contributed by atoms with Gasteiger partial charge in [0, 0.05) is 43.8 Å². The first-order valence-electron chi connectivity index (χ1n) is 28.8. The Bertz CT molecular complexity index is 5620. The zero-order chi connectivity index (χ0) is 63.1. The van der Waals surface area contributed by atoms with Crippen LogP contribution in [0.2, 0.25) is 0 Å². The topological polar surface area (TPSA) is 179 Å². The van der Waals surface area contributed by atoms with Gasteiger partial charge in [-0.3, -0.25) is 0 Å². The third-order valence-electron chi connectivity index (χ3n) is 16.8. The minimum atomic E-state index is 0.302. The zero-order valence-electron chi connectivity index (χ0n) is 48.3. The number of nitrogens with zero attached hydrogens (tertiary/aromatic N) is 12. The predicted molar refractivity (Wildman–Crippen MR) is 358 cm³/mol. The molecule has 0 saturated heterocycles. The molecule has 0 N–H and O–H groups in total. The Hall–Kier alpha value is -14.4. The third-order valence-corrected chi connectivity index (χ3v) is 16.8. The van der Waals surface area contributed by atoms with Gasteiger partial charge in [0.1, 0.15) is 0 Å². The molecule has 418 valence electrons. The normalized spacial score (nSPS) is 10.7. The average molecular weight is 1170 g/mol. The molecule has 12 nitrogen and oxygen atoms in total. The van der Waals surface area contributed by atoms with Gasteiger partial charge in [0.25, 0.3) is 0 Å². The number of aromatic nitrogens is 3. The molecule has 0 unspecified atom stereocenters. The van der Waals surface area contributed by atoms with Crippen LogP contribution in [0.25, 0.3) is 148 Å².